The van der Waals surface area contributed by atoms with Crippen molar-refractivity contribution in [3.8, 4) is 0 Å². The summed E-state index contributed by atoms with van der Waals surface area (Å²) < 4.78 is 4.86. The molecule has 0 N–H and O–H groups in total. The second-order valence-corrected chi connectivity index (χ2v) is 2.91. The molecule has 70 valence electrons. The smallest absolute Gasteiger partial charge is 0.310 e. The van der Waals surface area contributed by atoms with Gasteiger partial charge in [0.2, 0.25) is 0 Å². The minimum Gasteiger partial charge on any atom is -0.466 e. The SMILES string of the molecule is CCOC(=O)Cc1ccccc1C. The first-order valence-corrected chi connectivity index (χ1v) is 4.44. The Morgan fingerprint density at radius 1 is 1.38 bits per heavy atom. The van der Waals surface area contributed by atoms with E-state index >= 15 is 0 Å². The zero-order chi connectivity index (χ0) is 9.68. The van der Waals surface area contributed by atoms with Gasteiger partial charge in [-0.15, -0.1) is 0 Å². The van der Waals surface area contributed by atoms with E-state index in [2.05, 4.69) is 0 Å². The summed E-state index contributed by atoms with van der Waals surface area (Å²) in [6.45, 7) is 4.26. The Kier molecular flexibility index (Phi) is 3.50. The van der Waals surface area contributed by atoms with E-state index < -0.39 is 0 Å². The topological polar surface area (TPSA) is 26.3 Å². The number of aryl methyl sites for hydroxylation is 1. The minimum atomic E-state index is -0.156. The van der Waals surface area contributed by atoms with Crippen molar-refractivity contribution in [2.75, 3.05) is 6.61 Å². The lowest BCUT2D eigenvalue weighted by Crippen LogP contribution is -2.08. The lowest BCUT2D eigenvalue weighted by Gasteiger charge is -2.04. The van der Waals surface area contributed by atoms with Crippen molar-refractivity contribution in [2.45, 2.75) is 20.3 Å². The standard InChI is InChI=1S/C11H14O2/c1-3-13-11(12)8-10-7-5-4-6-9(10)2/h4-7H,3,8H2,1-2H3. The average molecular weight is 178 g/mol. The molecule has 2 heteroatoms. The summed E-state index contributed by atoms with van der Waals surface area (Å²) in [6.07, 6.45) is 0.376. The Morgan fingerprint density at radius 2 is 2.08 bits per heavy atom. The zero-order valence-corrected chi connectivity index (χ0v) is 8.04. The number of benzene rings is 1. The van der Waals surface area contributed by atoms with E-state index in [1.165, 1.54) is 0 Å². The van der Waals surface area contributed by atoms with Crippen LogP contribution < -0.4 is 0 Å². The molecule has 0 bridgehead atoms. The van der Waals surface area contributed by atoms with Crippen LogP contribution in [0.4, 0.5) is 0 Å². The number of hydrogen-bond donors (Lipinski definition) is 0. The second-order valence-electron chi connectivity index (χ2n) is 2.91. The Bertz CT molecular complexity index is 292. The molecule has 2 nitrogen and oxygen atoms in total. The molecule has 0 spiro atoms. The third-order valence-electron chi connectivity index (χ3n) is 1.90. The maximum absolute atomic E-state index is 11.1. The van der Waals surface area contributed by atoms with E-state index in [1.807, 2.05) is 38.1 Å². The molecule has 1 aromatic rings. The predicted molar refractivity (Wildman–Crippen MR) is 51.5 cm³/mol. The average Bonchev–Trinajstić information content (AvgIpc) is 2.09. The molecule has 0 saturated heterocycles. The fraction of sp³-hybridized carbons (Fsp3) is 0.364. The quantitative estimate of drug-likeness (QED) is 0.662. The van der Waals surface area contributed by atoms with Crippen LogP contribution in [-0.2, 0) is 16.0 Å². The molecular formula is C11H14O2. The van der Waals surface area contributed by atoms with Crippen LogP contribution in [0.2, 0.25) is 0 Å². The number of rotatable bonds is 3. The van der Waals surface area contributed by atoms with Gasteiger partial charge < -0.3 is 4.74 Å². The highest BCUT2D eigenvalue weighted by molar-refractivity contribution is 5.72. The Balaban J connectivity index is 2.63. The van der Waals surface area contributed by atoms with E-state index in [1.54, 1.807) is 0 Å². The molecule has 0 aliphatic heterocycles. The van der Waals surface area contributed by atoms with Crippen molar-refractivity contribution in [1.82, 2.24) is 0 Å². The predicted octanol–water partition coefficient (Wildman–Crippen LogP) is 2.10. The van der Waals surface area contributed by atoms with Crippen molar-refractivity contribution in [3.05, 3.63) is 35.4 Å². The number of ether oxygens (including phenoxy) is 1. The van der Waals surface area contributed by atoms with Crippen molar-refractivity contribution >= 4 is 5.97 Å². The first kappa shape index (κ1) is 9.78. The van der Waals surface area contributed by atoms with Gasteiger partial charge in [0.1, 0.15) is 0 Å². The summed E-state index contributed by atoms with van der Waals surface area (Å²) in [5, 5.41) is 0. The molecule has 1 rings (SSSR count). The highest BCUT2D eigenvalue weighted by Crippen LogP contribution is 2.07. The maximum atomic E-state index is 11.1. The molecule has 0 atom stereocenters. The molecule has 0 unspecified atom stereocenters. The Labute approximate surface area is 78.5 Å². The molecule has 0 saturated carbocycles. The van der Waals surface area contributed by atoms with Gasteiger partial charge in [-0.05, 0) is 25.0 Å². The van der Waals surface area contributed by atoms with Crippen LogP contribution in [0, 0.1) is 6.92 Å². The van der Waals surface area contributed by atoms with E-state index in [0.717, 1.165) is 11.1 Å². The molecule has 0 heterocycles. The Hall–Kier alpha value is -1.31. The number of hydrogen-bond acceptors (Lipinski definition) is 2. The first-order chi connectivity index (χ1) is 6.24. The molecule has 0 amide bonds. The van der Waals surface area contributed by atoms with Crippen molar-refractivity contribution in [1.29, 1.82) is 0 Å². The summed E-state index contributed by atoms with van der Waals surface area (Å²) in [5.74, 6) is -0.156. The number of esters is 1. The van der Waals surface area contributed by atoms with Crippen LogP contribution in [0.15, 0.2) is 24.3 Å². The first-order valence-electron chi connectivity index (χ1n) is 4.44. The molecule has 0 aliphatic rings. The van der Waals surface area contributed by atoms with Gasteiger partial charge in [-0.25, -0.2) is 0 Å². The van der Waals surface area contributed by atoms with Crippen LogP contribution in [-0.4, -0.2) is 12.6 Å². The highest BCUT2D eigenvalue weighted by Gasteiger charge is 2.04. The van der Waals surface area contributed by atoms with E-state index in [0.29, 0.717) is 13.0 Å². The van der Waals surface area contributed by atoms with Gasteiger partial charge in [0, 0.05) is 0 Å². The van der Waals surface area contributed by atoms with Crippen LogP contribution in [0.5, 0.6) is 0 Å². The monoisotopic (exact) mass is 178 g/mol. The largest absolute Gasteiger partial charge is 0.466 e. The van der Waals surface area contributed by atoms with Crippen LogP contribution in [0.25, 0.3) is 0 Å². The normalized spacial score (nSPS) is 9.69. The molecule has 0 aliphatic carbocycles. The molecule has 0 aromatic heterocycles. The maximum Gasteiger partial charge on any atom is 0.310 e. The van der Waals surface area contributed by atoms with Crippen molar-refractivity contribution in [2.24, 2.45) is 0 Å². The summed E-state index contributed by atoms with van der Waals surface area (Å²) in [6, 6.07) is 7.84. The lowest BCUT2D eigenvalue weighted by molar-refractivity contribution is -0.142. The van der Waals surface area contributed by atoms with Crippen molar-refractivity contribution in [3.63, 3.8) is 0 Å². The third-order valence-corrected chi connectivity index (χ3v) is 1.90. The number of carbonyl (C=O) groups is 1. The van der Waals surface area contributed by atoms with E-state index in [4.69, 9.17) is 4.74 Å². The van der Waals surface area contributed by atoms with Gasteiger partial charge in [0.05, 0.1) is 13.0 Å². The van der Waals surface area contributed by atoms with Crippen LogP contribution >= 0.6 is 0 Å². The summed E-state index contributed by atoms with van der Waals surface area (Å²) in [5.41, 5.74) is 2.18. The lowest BCUT2D eigenvalue weighted by atomic mass is 10.1. The molecule has 1 aromatic carbocycles. The molecular weight excluding hydrogens is 164 g/mol. The molecule has 0 radical (unpaired) electrons. The fourth-order valence-electron chi connectivity index (χ4n) is 1.18. The highest BCUT2D eigenvalue weighted by atomic mass is 16.5. The summed E-state index contributed by atoms with van der Waals surface area (Å²) in [7, 11) is 0. The van der Waals surface area contributed by atoms with E-state index in [9.17, 15) is 4.79 Å². The van der Waals surface area contributed by atoms with Gasteiger partial charge >= 0.3 is 5.97 Å². The van der Waals surface area contributed by atoms with Crippen LogP contribution in [0.1, 0.15) is 18.1 Å². The zero-order valence-electron chi connectivity index (χ0n) is 8.04. The van der Waals surface area contributed by atoms with Gasteiger partial charge in [0.15, 0.2) is 0 Å². The summed E-state index contributed by atoms with van der Waals surface area (Å²) >= 11 is 0. The fourth-order valence-corrected chi connectivity index (χ4v) is 1.18. The van der Waals surface area contributed by atoms with Crippen LogP contribution in [0.3, 0.4) is 0 Å². The summed E-state index contributed by atoms with van der Waals surface area (Å²) in [4.78, 5) is 11.1. The van der Waals surface area contributed by atoms with E-state index in [-0.39, 0.29) is 5.97 Å². The third kappa shape index (κ3) is 2.90. The van der Waals surface area contributed by atoms with Gasteiger partial charge in [-0.3, -0.25) is 4.79 Å². The molecule has 0 fully saturated rings. The minimum absolute atomic E-state index is 0.156. The van der Waals surface area contributed by atoms with Gasteiger partial charge in [-0.2, -0.15) is 0 Å². The van der Waals surface area contributed by atoms with Gasteiger partial charge in [-0.1, -0.05) is 24.3 Å². The second kappa shape index (κ2) is 4.65. The molecule has 13 heavy (non-hydrogen) atoms. The van der Waals surface area contributed by atoms with Crippen molar-refractivity contribution < 1.29 is 9.53 Å². The Morgan fingerprint density at radius 3 is 2.69 bits per heavy atom. The number of carbonyl (C=O) groups excluding carboxylic acids is 1. The van der Waals surface area contributed by atoms with Gasteiger partial charge in [0.25, 0.3) is 0 Å².